The minimum atomic E-state index is -1.11. The van der Waals surface area contributed by atoms with Crippen molar-refractivity contribution in [2.45, 2.75) is 19.0 Å². The highest BCUT2D eigenvalue weighted by Crippen LogP contribution is 1.99. The highest BCUT2D eigenvalue weighted by molar-refractivity contribution is 5.82. The van der Waals surface area contributed by atoms with Crippen molar-refractivity contribution in [3.05, 3.63) is 48.3 Å². The van der Waals surface area contributed by atoms with Crippen LogP contribution in [0.2, 0.25) is 0 Å². The summed E-state index contributed by atoms with van der Waals surface area (Å²) in [5.74, 6) is -1.11. The predicted octanol–water partition coefficient (Wildman–Crippen LogP) is 0.300. The van der Waals surface area contributed by atoms with Gasteiger partial charge in [0.05, 0.1) is 18.6 Å². The summed E-state index contributed by atoms with van der Waals surface area (Å²) in [7, 11) is 0. The molecule has 0 fully saturated rings. The van der Waals surface area contributed by atoms with E-state index in [0.29, 0.717) is 11.4 Å². The van der Waals surface area contributed by atoms with Crippen LogP contribution < -0.4 is 10.6 Å². The van der Waals surface area contributed by atoms with E-state index >= 15 is 0 Å². The van der Waals surface area contributed by atoms with Gasteiger partial charge in [-0.05, 0) is 12.1 Å². The first kappa shape index (κ1) is 14.5. The van der Waals surface area contributed by atoms with Crippen LogP contribution in [0.1, 0.15) is 11.4 Å². The number of aromatic nitrogens is 3. The van der Waals surface area contributed by atoms with E-state index < -0.39 is 18.0 Å². The van der Waals surface area contributed by atoms with Gasteiger partial charge in [0, 0.05) is 24.5 Å². The summed E-state index contributed by atoms with van der Waals surface area (Å²) in [6.45, 7) is 0.225. The zero-order valence-electron chi connectivity index (χ0n) is 11.1. The number of carbonyl (C=O) groups excluding carboxylic acids is 1. The number of amides is 2. The normalized spacial score (nSPS) is 11.6. The molecule has 8 heteroatoms. The lowest BCUT2D eigenvalue weighted by Gasteiger charge is -2.14. The van der Waals surface area contributed by atoms with Gasteiger partial charge >= 0.3 is 12.0 Å². The third kappa shape index (κ3) is 4.60. The lowest BCUT2D eigenvalue weighted by Crippen LogP contribution is -2.47. The Hall–Kier alpha value is -2.90. The van der Waals surface area contributed by atoms with Gasteiger partial charge in [0.15, 0.2) is 0 Å². The van der Waals surface area contributed by atoms with Crippen molar-refractivity contribution in [1.82, 2.24) is 25.6 Å². The third-order valence-electron chi connectivity index (χ3n) is 2.74. The van der Waals surface area contributed by atoms with Gasteiger partial charge in [-0.2, -0.15) is 0 Å². The van der Waals surface area contributed by atoms with Gasteiger partial charge in [0.25, 0.3) is 0 Å². The van der Waals surface area contributed by atoms with Crippen LogP contribution in [0.25, 0.3) is 0 Å². The number of carboxylic acids is 1. The molecule has 2 aromatic heterocycles. The summed E-state index contributed by atoms with van der Waals surface area (Å²) >= 11 is 0. The second-order valence-electron chi connectivity index (χ2n) is 4.32. The van der Waals surface area contributed by atoms with Gasteiger partial charge in [-0.3, -0.25) is 4.98 Å². The van der Waals surface area contributed by atoms with Crippen LogP contribution in [-0.2, 0) is 17.8 Å². The van der Waals surface area contributed by atoms with Gasteiger partial charge in [0.1, 0.15) is 6.04 Å². The lowest BCUT2D eigenvalue weighted by molar-refractivity contribution is -0.139. The summed E-state index contributed by atoms with van der Waals surface area (Å²) in [4.78, 5) is 33.5. The highest BCUT2D eigenvalue weighted by Gasteiger charge is 2.20. The molecular weight excluding hydrogens is 274 g/mol. The molecule has 0 saturated heterocycles. The quantitative estimate of drug-likeness (QED) is 0.609. The fourth-order valence-corrected chi connectivity index (χ4v) is 1.70. The average Bonchev–Trinajstić information content (AvgIpc) is 2.98. The Kier molecular flexibility index (Phi) is 4.86. The molecule has 2 rings (SSSR count). The zero-order valence-corrected chi connectivity index (χ0v) is 11.1. The van der Waals surface area contributed by atoms with Gasteiger partial charge in [-0.1, -0.05) is 6.07 Å². The Morgan fingerprint density at radius 1 is 1.38 bits per heavy atom. The van der Waals surface area contributed by atoms with E-state index in [1.54, 1.807) is 24.4 Å². The van der Waals surface area contributed by atoms with E-state index in [1.807, 2.05) is 0 Å². The summed E-state index contributed by atoms with van der Waals surface area (Å²) in [5, 5.41) is 14.1. The van der Waals surface area contributed by atoms with Gasteiger partial charge in [-0.25, -0.2) is 14.6 Å². The molecule has 110 valence electrons. The van der Waals surface area contributed by atoms with E-state index in [-0.39, 0.29) is 13.0 Å². The van der Waals surface area contributed by atoms with Crippen molar-refractivity contribution in [2.24, 2.45) is 0 Å². The van der Waals surface area contributed by atoms with Crippen LogP contribution in [0.15, 0.2) is 36.9 Å². The van der Waals surface area contributed by atoms with E-state index in [4.69, 9.17) is 5.11 Å². The largest absolute Gasteiger partial charge is 0.480 e. The molecule has 4 N–H and O–H groups in total. The summed E-state index contributed by atoms with van der Waals surface area (Å²) in [6, 6.07) is 3.75. The maximum atomic E-state index is 11.7. The second kappa shape index (κ2) is 7.04. The predicted molar refractivity (Wildman–Crippen MR) is 73.3 cm³/mol. The number of aromatic amines is 1. The zero-order chi connectivity index (χ0) is 15.1. The molecular formula is C13H15N5O3. The SMILES string of the molecule is O=C(NCc1ccccn1)N[C@@H](Cc1cnc[nH]1)C(=O)O. The van der Waals surface area contributed by atoms with Crippen molar-refractivity contribution in [2.75, 3.05) is 0 Å². The Balaban J connectivity index is 1.85. The van der Waals surface area contributed by atoms with Gasteiger partial charge in [0.2, 0.25) is 0 Å². The van der Waals surface area contributed by atoms with Crippen LogP contribution in [0.4, 0.5) is 4.79 Å². The summed E-state index contributed by atoms with van der Waals surface area (Å²) in [6.07, 6.45) is 4.72. The number of H-pyrrole nitrogens is 1. The van der Waals surface area contributed by atoms with E-state index in [9.17, 15) is 9.59 Å². The van der Waals surface area contributed by atoms with Crippen LogP contribution in [0, 0.1) is 0 Å². The molecule has 2 aromatic rings. The first-order valence-electron chi connectivity index (χ1n) is 6.29. The number of pyridine rings is 1. The molecule has 0 saturated carbocycles. The van der Waals surface area contributed by atoms with Gasteiger partial charge in [-0.15, -0.1) is 0 Å². The molecule has 2 amide bonds. The van der Waals surface area contributed by atoms with Crippen LogP contribution in [0.5, 0.6) is 0 Å². The van der Waals surface area contributed by atoms with Crippen LogP contribution in [-0.4, -0.2) is 38.1 Å². The van der Waals surface area contributed by atoms with Crippen LogP contribution >= 0.6 is 0 Å². The molecule has 0 radical (unpaired) electrons. The maximum absolute atomic E-state index is 11.7. The number of carbonyl (C=O) groups is 2. The number of imidazole rings is 1. The van der Waals surface area contributed by atoms with E-state index in [0.717, 1.165) is 0 Å². The number of hydrogen-bond donors (Lipinski definition) is 4. The van der Waals surface area contributed by atoms with Crippen molar-refractivity contribution < 1.29 is 14.7 Å². The first-order chi connectivity index (χ1) is 10.1. The summed E-state index contributed by atoms with van der Waals surface area (Å²) < 4.78 is 0. The third-order valence-corrected chi connectivity index (χ3v) is 2.74. The van der Waals surface area contributed by atoms with Crippen molar-refractivity contribution >= 4 is 12.0 Å². The molecule has 0 unspecified atom stereocenters. The first-order valence-corrected chi connectivity index (χ1v) is 6.29. The topological polar surface area (TPSA) is 120 Å². The van der Waals surface area contributed by atoms with Crippen molar-refractivity contribution in [3.63, 3.8) is 0 Å². The minimum absolute atomic E-state index is 0.131. The standard InChI is InChI=1S/C13H15N5O3/c19-12(20)11(5-10-6-14-8-17-10)18-13(21)16-7-9-3-1-2-4-15-9/h1-4,6,8,11H,5,7H2,(H,14,17)(H,19,20)(H2,16,18,21)/t11-/m0/s1. The number of nitrogens with zero attached hydrogens (tertiary/aromatic N) is 2. The number of urea groups is 1. The molecule has 8 nitrogen and oxygen atoms in total. The Morgan fingerprint density at radius 3 is 2.86 bits per heavy atom. The lowest BCUT2D eigenvalue weighted by atomic mass is 10.2. The number of hydrogen-bond acceptors (Lipinski definition) is 4. The number of nitrogens with one attached hydrogen (secondary N) is 3. The fourth-order valence-electron chi connectivity index (χ4n) is 1.70. The monoisotopic (exact) mass is 289 g/mol. The smallest absolute Gasteiger partial charge is 0.326 e. The molecule has 0 aliphatic carbocycles. The molecule has 0 bridgehead atoms. The molecule has 0 aliphatic rings. The summed E-state index contributed by atoms with van der Waals surface area (Å²) in [5.41, 5.74) is 1.32. The number of rotatable bonds is 6. The Labute approximate surface area is 120 Å². The minimum Gasteiger partial charge on any atom is -0.480 e. The second-order valence-corrected chi connectivity index (χ2v) is 4.32. The molecule has 21 heavy (non-hydrogen) atoms. The van der Waals surface area contributed by atoms with Crippen LogP contribution in [0.3, 0.4) is 0 Å². The van der Waals surface area contributed by atoms with Crippen molar-refractivity contribution in [1.29, 1.82) is 0 Å². The van der Waals surface area contributed by atoms with Crippen molar-refractivity contribution in [3.8, 4) is 0 Å². The highest BCUT2D eigenvalue weighted by atomic mass is 16.4. The van der Waals surface area contributed by atoms with E-state index in [1.165, 1.54) is 12.5 Å². The van der Waals surface area contributed by atoms with Gasteiger partial charge < -0.3 is 20.7 Å². The average molecular weight is 289 g/mol. The number of carboxylic acid groups (broad SMARTS) is 1. The van der Waals surface area contributed by atoms with E-state index in [2.05, 4.69) is 25.6 Å². The molecule has 0 spiro atoms. The molecule has 0 aliphatic heterocycles. The molecule has 2 heterocycles. The molecule has 0 aromatic carbocycles. The number of aliphatic carboxylic acids is 1. The fraction of sp³-hybridized carbons (Fsp3) is 0.231. The molecule has 1 atom stereocenters. The Morgan fingerprint density at radius 2 is 2.24 bits per heavy atom. The maximum Gasteiger partial charge on any atom is 0.326 e. The Bertz CT molecular complexity index is 585.